The second kappa shape index (κ2) is 4.65. The highest BCUT2D eigenvalue weighted by molar-refractivity contribution is 5.48. The maximum atomic E-state index is 5.69. The van der Waals surface area contributed by atoms with Crippen LogP contribution in [0.4, 0.5) is 11.5 Å². The average molecular weight is 217 g/mol. The number of hydrogen-bond acceptors (Lipinski definition) is 4. The summed E-state index contributed by atoms with van der Waals surface area (Å²) in [4.78, 5) is 4.33. The molecular formula is C11H15N5. The standard InChI is InChI=1S/C11H15N5/c1-9-10(12)3-4-11(15-9)13-6-8-16-7-2-5-14-16/h2-5,7H,6,8,12H2,1H3,(H,13,15). The molecule has 0 aliphatic carbocycles. The lowest BCUT2D eigenvalue weighted by Gasteiger charge is -2.07. The minimum absolute atomic E-state index is 0.720. The number of aryl methyl sites for hydroxylation is 1. The Morgan fingerprint density at radius 2 is 2.31 bits per heavy atom. The Balaban J connectivity index is 1.87. The molecule has 2 aromatic heterocycles. The summed E-state index contributed by atoms with van der Waals surface area (Å²) in [6.07, 6.45) is 3.70. The van der Waals surface area contributed by atoms with Gasteiger partial charge in [-0.3, -0.25) is 4.68 Å². The molecule has 2 heterocycles. The van der Waals surface area contributed by atoms with Crippen molar-refractivity contribution in [3.05, 3.63) is 36.3 Å². The molecule has 3 N–H and O–H groups in total. The van der Waals surface area contributed by atoms with E-state index < -0.39 is 0 Å². The number of pyridine rings is 1. The topological polar surface area (TPSA) is 68.8 Å². The van der Waals surface area contributed by atoms with Gasteiger partial charge in [-0.05, 0) is 25.1 Å². The van der Waals surface area contributed by atoms with E-state index in [1.807, 2.05) is 36.0 Å². The lowest BCUT2D eigenvalue weighted by Crippen LogP contribution is -2.12. The second-order valence-electron chi connectivity index (χ2n) is 3.57. The molecule has 0 bridgehead atoms. The van der Waals surface area contributed by atoms with Crippen LogP contribution in [0.2, 0.25) is 0 Å². The van der Waals surface area contributed by atoms with Crippen molar-refractivity contribution in [3.8, 4) is 0 Å². The number of aromatic nitrogens is 3. The van der Waals surface area contributed by atoms with Crippen molar-refractivity contribution in [2.45, 2.75) is 13.5 Å². The summed E-state index contributed by atoms with van der Waals surface area (Å²) in [6, 6.07) is 5.65. The largest absolute Gasteiger partial charge is 0.397 e. The fourth-order valence-electron chi connectivity index (χ4n) is 1.40. The van der Waals surface area contributed by atoms with Gasteiger partial charge in [-0.25, -0.2) is 4.98 Å². The zero-order chi connectivity index (χ0) is 11.4. The van der Waals surface area contributed by atoms with E-state index in [1.165, 1.54) is 0 Å². The highest BCUT2D eigenvalue weighted by Gasteiger charge is 1.97. The number of hydrogen-bond donors (Lipinski definition) is 2. The number of nitrogens with one attached hydrogen (secondary N) is 1. The molecule has 0 aliphatic rings. The summed E-state index contributed by atoms with van der Waals surface area (Å²) >= 11 is 0. The van der Waals surface area contributed by atoms with E-state index in [9.17, 15) is 0 Å². The first-order chi connectivity index (χ1) is 7.75. The SMILES string of the molecule is Cc1nc(NCCn2cccn2)ccc1N. The second-order valence-corrected chi connectivity index (χ2v) is 3.57. The van der Waals surface area contributed by atoms with Crippen LogP contribution in [-0.2, 0) is 6.54 Å². The maximum absolute atomic E-state index is 5.69. The third-order valence-electron chi connectivity index (χ3n) is 2.33. The van der Waals surface area contributed by atoms with E-state index >= 15 is 0 Å². The molecule has 0 amide bonds. The van der Waals surface area contributed by atoms with E-state index in [1.54, 1.807) is 6.20 Å². The summed E-state index contributed by atoms with van der Waals surface area (Å²) in [5, 5.41) is 7.34. The molecule has 0 saturated heterocycles. The summed E-state index contributed by atoms with van der Waals surface area (Å²) in [5.74, 6) is 0.846. The average Bonchev–Trinajstić information content (AvgIpc) is 2.76. The smallest absolute Gasteiger partial charge is 0.126 e. The zero-order valence-electron chi connectivity index (χ0n) is 9.22. The van der Waals surface area contributed by atoms with Crippen molar-refractivity contribution in [3.63, 3.8) is 0 Å². The van der Waals surface area contributed by atoms with Crippen LogP contribution in [0.25, 0.3) is 0 Å². The first-order valence-corrected chi connectivity index (χ1v) is 5.20. The van der Waals surface area contributed by atoms with Crippen LogP contribution in [0, 0.1) is 6.92 Å². The molecule has 0 saturated carbocycles. The molecule has 0 fully saturated rings. The first kappa shape index (κ1) is 10.5. The fourth-order valence-corrected chi connectivity index (χ4v) is 1.40. The molecule has 0 atom stereocenters. The summed E-state index contributed by atoms with van der Waals surface area (Å²) in [5.41, 5.74) is 7.26. The van der Waals surface area contributed by atoms with Gasteiger partial charge in [0.2, 0.25) is 0 Å². The fraction of sp³-hybridized carbons (Fsp3) is 0.273. The van der Waals surface area contributed by atoms with Crippen molar-refractivity contribution in [2.24, 2.45) is 0 Å². The number of rotatable bonds is 4. The maximum Gasteiger partial charge on any atom is 0.126 e. The quantitative estimate of drug-likeness (QED) is 0.809. The van der Waals surface area contributed by atoms with Gasteiger partial charge in [-0.1, -0.05) is 0 Å². The van der Waals surface area contributed by atoms with Crippen LogP contribution < -0.4 is 11.1 Å². The van der Waals surface area contributed by atoms with Gasteiger partial charge in [-0.2, -0.15) is 5.10 Å². The summed E-state index contributed by atoms with van der Waals surface area (Å²) in [7, 11) is 0. The zero-order valence-corrected chi connectivity index (χ0v) is 9.22. The van der Waals surface area contributed by atoms with Crippen LogP contribution in [0.5, 0.6) is 0 Å². The molecule has 5 heteroatoms. The van der Waals surface area contributed by atoms with Gasteiger partial charge >= 0.3 is 0 Å². The molecule has 0 spiro atoms. The van der Waals surface area contributed by atoms with Gasteiger partial charge in [0, 0.05) is 18.9 Å². The third kappa shape index (κ3) is 2.50. The highest BCUT2D eigenvalue weighted by atomic mass is 15.3. The van der Waals surface area contributed by atoms with Crippen LogP contribution >= 0.6 is 0 Å². The third-order valence-corrected chi connectivity index (χ3v) is 2.33. The Labute approximate surface area is 94.3 Å². The van der Waals surface area contributed by atoms with Crippen molar-refractivity contribution in [1.82, 2.24) is 14.8 Å². The van der Waals surface area contributed by atoms with E-state index in [0.29, 0.717) is 0 Å². The Bertz CT molecular complexity index is 449. The van der Waals surface area contributed by atoms with Gasteiger partial charge < -0.3 is 11.1 Å². The predicted octanol–water partition coefficient (Wildman–Crippen LogP) is 1.28. The van der Waals surface area contributed by atoms with Gasteiger partial charge in [-0.15, -0.1) is 0 Å². The molecule has 0 aliphatic heterocycles. The molecule has 2 aromatic rings. The number of nitrogens with zero attached hydrogens (tertiary/aromatic N) is 3. The van der Waals surface area contributed by atoms with Gasteiger partial charge in [0.1, 0.15) is 5.82 Å². The number of nitrogens with two attached hydrogens (primary N) is 1. The molecule has 84 valence electrons. The van der Waals surface area contributed by atoms with Crippen LogP contribution in [0.15, 0.2) is 30.6 Å². The Kier molecular flexibility index (Phi) is 3.05. The van der Waals surface area contributed by atoms with E-state index in [-0.39, 0.29) is 0 Å². The highest BCUT2D eigenvalue weighted by Crippen LogP contribution is 2.11. The molecule has 2 rings (SSSR count). The van der Waals surface area contributed by atoms with Crippen LogP contribution in [0.3, 0.4) is 0 Å². The molecule has 0 radical (unpaired) electrons. The Morgan fingerprint density at radius 3 is 3.00 bits per heavy atom. The predicted molar refractivity (Wildman–Crippen MR) is 64.1 cm³/mol. The molecule has 0 aromatic carbocycles. The van der Waals surface area contributed by atoms with E-state index in [4.69, 9.17) is 5.73 Å². The molecule has 0 unspecified atom stereocenters. The summed E-state index contributed by atoms with van der Waals surface area (Å²) < 4.78 is 1.87. The normalized spacial score (nSPS) is 10.3. The van der Waals surface area contributed by atoms with E-state index in [2.05, 4.69) is 15.4 Å². The van der Waals surface area contributed by atoms with Crippen molar-refractivity contribution in [1.29, 1.82) is 0 Å². The van der Waals surface area contributed by atoms with Gasteiger partial charge in [0.25, 0.3) is 0 Å². The Morgan fingerprint density at radius 1 is 1.44 bits per heavy atom. The summed E-state index contributed by atoms with van der Waals surface area (Å²) in [6.45, 7) is 3.50. The van der Waals surface area contributed by atoms with Crippen molar-refractivity contribution in [2.75, 3.05) is 17.6 Å². The first-order valence-electron chi connectivity index (χ1n) is 5.20. The Hall–Kier alpha value is -2.04. The molecule has 16 heavy (non-hydrogen) atoms. The number of nitrogen functional groups attached to an aromatic ring is 1. The van der Waals surface area contributed by atoms with Crippen molar-refractivity contribution >= 4 is 11.5 Å². The lowest BCUT2D eigenvalue weighted by atomic mass is 10.3. The van der Waals surface area contributed by atoms with Crippen molar-refractivity contribution < 1.29 is 0 Å². The monoisotopic (exact) mass is 217 g/mol. The molecular weight excluding hydrogens is 202 g/mol. The number of anilines is 2. The minimum atomic E-state index is 0.720. The lowest BCUT2D eigenvalue weighted by molar-refractivity contribution is 0.637. The van der Waals surface area contributed by atoms with Gasteiger partial charge in [0.15, 0.2) is 0 Å². The van der Waals surface area contributed by atoms with Crippen LogP contribution in [0.1, 0.15) is 5.69 Å². The van der Waals surface area contributed by atoms with E-state index in [0.717, 1.165) is 30.3 Å². The van der Waals surface area contributed by atoms with Crippen LogP contribution in [-0.4, -0.2) is 21.3 Å². The minimum Gasteiger partial charge on any atom is -0.397 e. The van der Waals surface area contributed by atoms with Gasteiger partial charge in [0.05, 0.1) is 17.9 Å². The molecule has 5 nitrogen and oxygen atoms in total.